The van der Waals surface area contributed by atoms with Crippen molar-refractivity contribution < 1.29 is 19.1 Å². The summed E-state index contributed by atoms with van der Waals surface area (Å²) in [6.45, 7) is 0.528. The highest BCUT2D eigenvalue weighted by Gasteiger charge is 2.32. The molecule has 2 N–H and O–H groups in total. The van der Waals surface area contributed by atoms with Crippen LogP contribution in [0.5, 0.6) is 0 Å². The van der Waals surface area contributed by atoms with Gasteiger partial charge in [-0.1, -0.05) is 11.6 Å². The van der Waals surface area contributed by atoms with Gasteiger partial charge in [0.15, 0.2) is 0 Å². The second-order valence-corrected chi connectivity index (χ2v) is 5.45. The molecule has 1 aliphatic heterocycles. The highest BCUT2D eigenvalue weighted by molar-refractivity contribution is 6.30. The van der Waals surface area contributed by atoms with E-state index >= 15 is 0 Å². The van der Waals surface area contributed by atoms with Crippen LogP contribution in [0.1, 0.15) is 5.56 Å². The summed E-state index contributed by atoms with van der Waals surface area (Å²) in [5.41, 5.74) is 0.110. The smallest absolute Gasteiger partial charge is 0.326 e. The molecule has 0 aliphatic carbocycles. The zero-order chi connectivity index (χ0) is 16.3. The lowest BCUT2D eigenvalue weighted by molar-refractivity contribution is -0.139. The largest absolute Gasteiger partial charge is 0.480 e. The van der Waals surface area contributed by atoms with E-state index in [4.69, 9.17) is 16.9 Å². The zero-order valence-electron chi connectivity index (χ0n) is 11.4. The fraction of sp³-hybridized carbons (Fsp3) is 0.357. The Bertz CT molecular complexity index is 641. The summed E-state index contributed by atoms with van der Waals surface area (Å²) in [6, 6.07) is 3.99. The summed E-state index contributed by atoms with van der Waals surface area (Å²) < 4.78 is 13.7. The second kappa shape index (κ2) is 6.62. The molecule has 6 nitrogen and oxygen atoms in total. The molecule has 1 aliphatic rings. The lowest BCUT2D eigenvalue weighted by Crippen LogP contribution is -2.56. The summed E-state index contributed by atoms with van der Waals surface area (Å²) in [5, 5.41) is 20.4. The minimum Gasteiger partial charge on any atom is -0.480 e. The van der Waals surface area contributed by atoms with E-state index in [-0.39, 0.29) is 36.0 Å². The number of carboxylic acids is 1. The summed E-state index contributed by atoms with van der Waals surface area (Å²) >= 11 is 5.76. The Kier molecular flexibility index (Phi) is 4.83. The molecule has 1 atom stereocenters. The van der Waals surface area contributed by atoms with Gasteiger partial charge in [0.05, 0.1) is 12.0 Å². The third-order valence-corrected chi connectivity index (χ3v) is 3.61. The molecule has 1 aromatic rings. The van der Waals surface area contributed by atoms with Crippen LogP contribution in [0.25, 0.3) is 0 Å². The number of nitrogens with zero attached hydrogens (tertiary/aromatic N) is 2. The number of hydrogen-bond acceptors (Lipinski definition) is 3. The predicted molar refractivity (Wildman–Crippen MR) is 75.7 cm³/mol. The van der Waals surface area contributed by atoms with Crippen molar-refractivity contribution in [1.29, 1.82) is 5.26 Å². The number of rotatable bonds is 4. The minimum absolute atomic E-state index is 0.110. The molecule has 0 bridgehead atoms. The van der Waals surface area contributed by atoms with E-state index in [1.165, 1.54) is 17.0 Å². The molecular weight excluding hydrogens is 313 g/mol. The standard InChI is InChI=1S/C14H13ClFN3O3/c15-10-1-2-11(16)9(3-10)4-12(13(20)21)18-14(22)19-6-8(5-17)7-19/h1-3,8,12H,4,6-7H2,(H,18,22)(H,20,21)/t12-/m1/s1. The van der Waals surface area contributed by atoms with Crippen molar-refractivity contribution in [2.75, 3.05) is 13.1 Å². The molecule has 1 saturated heterocycles. The van der Waals surface area contributed by atoms with E-state index in [2.05, 4.69) is 5.32 Å². The van der Waals surface area contributed by atoms with Gasteiger partial charge in [0.25, 0.3) is 0 Å². The normalized spacial score (nSPS) is 15.6. The van der Waals surface area contributed by atoms with Crippen LogP contribution >= 0.6 is 11.6 Å². The number of nitriles is 1. The second-order valence-electron chi connectivity index (χ2n) is 5.01. The minimum atomic E-state index is -1.28. The summed E-state index contributed by atoms with van der Waals surface area (Å²) in [7, 11) is 0. The first-order valence-electron chi connectivity index (χ1n) is 6.52. The fourth-order valence-electron chi connectivity index (χ4n) is 2.09. The third-order valence-electron chi connectivity index (χ3n) is 3.38. The molecule has 2 amide bonds. The first kappa shape index (κ1) is 16.0. The number of urea groups is 1. The van der Waals surface area contributed by atoms with Gasteiger partial charge in [0, 0.05) is 24.5 Å². The molecule has 1 aromatic carbocycles. The molecule has 116 valence electrons. The Morgan fingerprint density at radius 1 is 1.55 bits per heavy atom. The van der Waals surface area contributed by atoms with Crippen LogP contribution in [0.4, 0.5) is 9.18 Å². The number of hydrogen-bond donors (Lipinski definition) is 2. The van der Waals surface area contributed by atoms with Crippen LogP contribution < -0.4 is 5.32 Å². The lowest BCUT2D eigenvalue weighted by atomic mass is 10.0. The van der Waals surface area contributed by atoms with Crippen molar-refractivity contribution >= 4 is 23.6 Å². The molecule has 0 spiro atoms. The van der Waals surface area contributed by atoms with Crippen molar-refractivity contribution in [3.63, 3.8) is 0 Å². The summed E-state index contributed by atoms with van der Waals surface area (Å²) in [6.07, 6.45) is -0.219. The van der Waals surface area contributed by atoms with Crippen molar-refractivity contribution in [2.24, 2.45) is 5.92 Å². The first-order chi connectivity index (χ1) is 10.4. The van der Waals surface area contributed by atoms with Crippen LogP contribution in [0.3, 0.4) is 0 Å². The SMILES string of the molecule is N#CC1CN(C(=O)N[C@H](Cc2cc(Cl)ccc2F)C(=O)O)C1. The highest BCUT2D eigenvalue weighted by atomic mass is 35.5. The number of carbonyl (C=O) groups is 2. The Balaban J connectivity index is 2.02. The van der Waals surface area contributed by atoms with Crippen LogP contribution in [0, 0.1) is 23.1 Å². The fourth-order valence-corrected chi connectivity index (χ4v) is 2.28. The van der Waals surface area contributed by atoms with Gasteiger partial charge in [0.1, 0.15) is 11.9 Å². The first-order valence-corrected chi connectivity index (χ1v) is 6.90. The molecule has 1 heterocycles. The van der Waals surface area contributed by atoms with Gasteiger partial charge in [-0.3, -0.25) is 0 Å². The maximum absolute atomic E-state index is 13.7. The van der Waals surface area contributed by atoms with Crippen molar-refractivity contribution in [2.45, 2.75) is 12.5 Å². The molecule has 0 unspecified atom stereocenters. The van der Waals surface area contributed by atoms with Gasteiger partial charge >= 0.3 is 12.0 Å². The maximum Gasteiger partial charge on any atom is 0.326 e. The number of aliphatic carboxylic acids is 1. The average Bonchev–Trinajstić information content (AvgIpc) is 2.40. The van der Waals surface area contributed by atoms with Crippen LogP contribution in [-0.2, 0) is 11.2 Å². The topological polar surface area (TPSA) is 93.4 Å². The molecule has 0 aromatic heterocycles. The lowest BCUT2D eigenvalue weighted by Gasteiger charge is -2.35. The number of likely N-dealkylation sites (tertiary alicyclic amines) is 1. The maximum atomic E-state index is 13.7. The Morgan fingerprint density at radius 2 is 2.23 bits per heavy atom. The van der Waals surface area contributed by atoms with Gasteiger partial charge < -0.3 is 15.3 Å². The monoisotopic (exact) mass is 325 g/mol. The van der Waals surface area contributed by atoms with E-state index in [1.807, 2.05) is 6.07 Å². The van der Waals surface area contributed by atoms with Crippen molar-refractivity contribution in [1.82, 2.24) is 10.2 Å². The highest BCUT2D eigenvalue weighted by Crippen LogP contribution is 2.18. The Labute approximate surface area is 131 Å². The molecular formula is C14H13ClFN3O3. The van der Waals surface area contributed by atoms with Gasteiger partial charge in [-0.15, -0.1) is 0 Å². The summed E-state index contributed by atoms with van der Waals surface area (Å²) in [5.74, 6) is -2.08. The number of carbonyl (C=O) groups excluding carboxylic acids is 1. The summed E-state index contributed by atoms with van der Waals surface area (Å²) in [4.78, 5) is 24.4. The average molecular weight is 326 g/mol. The van der Waals surface area contributed by atoms with Crippen molar-refractivity contribution in [3.05, 3.63) is 34.6 Å². The molecule has 1 fully saturated rings. The van der Waals surface area contributed by atoms with E-state index < -0.39 is 23.9 Å². The van der Waals surface area contributed by atoms with Gasteiger partial charge in [-0.05, 0) is 23.8 Å². The quantitative estimate of drug-likeness (QED) is 0.880. The zero-order valence-corrected chi connectivity index (χ0v) is 12.2. The molecule has 2 rings (SSSR count). The van der Waals surface area contributed by atoms with E-state index in [0.29, 0.717) is 0 Å². The van der Waals surface area contributed by atoms with Gasteiger partial charge in [-0.25, -0.2) is 14.0 Å². The van der Waals surface area contributed by atoms with Crippen LogP contribution in [-0.4, -0.2) is 41.1 Å². The Morgan fingerprint density at radius 3 is 2.82 bits per heavy atom. The van der Waals surface area contributed by atoms with Crippen LogP contribution in [0.15, 0.2) is 18.2 Å². The number of benzene rings is 1. The van der Waals surface area contributed by atoms with E-state index in [0.717, 1.165) is 6.07 Å². The van der Waals surface area contributed by atoms with E-state index in [9.17, 15) is 19.1 Å². The Hall–Kier alpha value is -2.33. The van der Waals surface area contributed by atoms with Gasteiger partial charge in [0.2, 0.25) is 0 Å². The molecule has 22 heavy (non-hydrogen) atoms. The number of carboxylic acid groups (broad SMARTS) is 1. The number of amides is 2. The van der Waals surface area contributed by atoms with Crippen LogP contribution in [0.2, 0.25) is 5.02 Å². The van der Waals surface area contributed by atoms with E-state index in [1.54, 1.807) is 0 Å². The number of nitrogens with one attached hydrogen (secondary N) is 1. The van der Waals surface area contributed by atoms with Gasteiger partial charge in [-0.2, -0.15) is 5.26 Å². The molecule has 0 radical (unpaired) electrons. The molecule has 8 heteroatoms. The number of halogens is 2. The van der Waals surface area contributed by atoms with Crippen molar-refractivity contribution in [3.8, 4) is 6.07 Å². The third kappa shape index (κ3) is 3.65. The molecule has 0 saturated carbocycles. The predicted octanol–water partition coefficient (Wildman–Crippen LogP) is 1.64.